The van der Waals surface area contributed by atoms with Crippen molar-refractivity contribution in [1.29, 1.82) is 5.26 Å². The number of fused-ring (bicyclic) bond motifs is 2. The van der Waals surface area contributed by atoms with Crippen molar-refractivity contribution in [3.8, 4) is 17.6 Å². The van der Waals surface area contributed by atoms with Crippen molar-refractivity contribution in [1.82, 2.24) is 15.3 Å². The summed E-state index contributed by atoms with van der Waals surface area (Å²) in [5, 5.41) is 12.3. The van der Waals surface area contributed by atoms with Gasteiger partial charge in [-0.15, -0.1) is 0 Å². The van der Waals surface area contributed by atoms with E-state index in [9.17, 15) is 4.79 Å². The zero-order valence-corrected chi connectivity index (χ0v) is 16.5. The molecule has 2 atom stereocenters. The highest BCUT2D eigenvalue weighted by Gasteiger charge is 2.27. The summed E-state index contributed by atoms with van der Waals surface area (Å²) < 4.78 is 11.1. The number of aromatic nitrogens is 2. The van der Waals surface area contributed by atoms with Gasteiger partial charge in [-0.25, -0.2) is 4.98 Å². The Morgan fingerprint density at radius 1 is 1.13 bits per heavy atom. The van der Waals surface area contributed by atoms with E-state index in [4.69, 9.17) is 19.7 Å². The largest absolute Gasteiger partial charge is 0.486 e. The third kappa shape index (κ3) is 3.57. The summed E-state index contributed by atoms with van der Waals surface area (Å²) in [6.07, 6.45) is 3.84. The molecule has 2 unspecified atom stereocenters. The normalized spacial score (nSPS) is 20.5. The van der Waals surface area contributed by atoms with Gasteiger partial charge in [-0.3, -0.25) is 4.79 Å². The number of ether oxygens (including phenoxy) is 2. The average Bonchev–Trinajstić information content (AvgIpc) is 3.22. The van der Waals surface area contributed by atoms with E-state index < -0.39 is 0 Å². The monoisotopic (exact) mass is 402 g/mol. The van der Waals surface area contributed by atoms with Crippen LogP contribution in [0, 0.1) is 11.3 Å². The molecule has 1 amide bonds. The number of hydrogen-bond acceptors (Lipinski definition) is 5. The molecule has 2 heterocycles. The number of carbonyl (C=O) groups excluding carboxylic acids is 1. The van der Waals surface area contributed by atoms with Gasteiger partial charge in [0.1, 0.15) is 19.0 Å². The summed E-state index contributed by atoms with van der Waals surface area (Å²) >= 11 is 0. The summed E-state index contributed by atoms with van der Waals surface area (Å²) in [7, 11) is 0. The Morgan fingerprint density at radius 3 is 2.87 bits per heavy atom. The molecule has 1 saturated carbocycles. The van der Waals surface area contributed by atoms with Crippen molar-refractivity contribution in [2.24, 2.45) is 0 Å². The second-order valence-electron chi connectivity index (χ2n) is 7.86. The molecule has 3 aromatic rings. The van der Waals surface area contributed by atoms with Crippen LogP contribution in [0.3, 0.4) is 0 Å². The fraction of sp³-hybridized carbons (Fsp3) is 0.348. The Kier molecular flexibility index (Phi) is 4.75. The predicted molar refractivity (Wildman–Crippen MR) is 111 cm³/mol. The molecular weight excluding hydrogens is 380 g/mol. The molecule has 0 saturated heterocycles. The van der Waals surface area contributed by atoms with E-state index in [-0.39, 0.29) is 17.9 Å². The topological polar surface area (TPSA) is 100 Å². The van der Waals surface area contributed by atoms with Gasteiger partial charge in [0, 0.05) is 17.5 Å². The van der Waals surface area contributed by atoms with Gasteiger partial charge in [0.05, 0.1) is 22.7 Å². The van der Waals surface area contributed by atoms with E-state index >= 15 is 0 Å². The van der Waals surface area contributed by atoms with Crippen LogP contribution in [0.2, 0.25) is 0 Å². The van der Waals surface area contributed by atoms with Crippen molar-refractivity contribution in [2.75, 3.05) is 13.2 Å². The van der Waals surface area contributed by atoms with Gasteiger partial charge in [0.15, 0.2) is 11.5 Å². The number of amides is 1. The maximum Gasteiger partial charge on any atom is 0.251 e. The summed E-state index contributed by atoms with van der Waals surface area (Å²) in [5.41, 5.74) is 2.93. The van der Waals surface area contributed by atoms with Crippen molar-refractivity contribution >= 4 is 16.9 Å². The molecule has 0 spiro atoms. The van der Waals surface area contributed by atoms with E-state index in [1.165, 1.54) is 0 Å². The number of imidazole rings is 1. The van der Waals surface area contributed by atoms with Gasteiger partial charge in [0.2, 0.25) is 0 Å². The first-order chi connectivity index (χ1) is 14.7. The first-order valence-corrected chi connectivity index (χ1v) is 10.3. The quantitative estimate of drug-likeness (QED) is 0.696. The molecule has 30 heavy (non-hydrogen) atoms. The van der Waals surface area contributed by atoms with E-state index in [1.54, 1.807) is 30.3 Å². The highest BCUT2D eigenvalue weighted by Crippen LogP contribution is 2.34. The van der Waals surface area contributed by atoms with Crippen molar-refractivity contribution < 1.29 is 14.3 Å². The van der Waals surface area contributed by atoms with Crippen LogP contribution in [0.25, 0.3) is 11.0 Å². The lowest BCUT2D eigenvalue weighted by Gasteiger charge is -2.29. The molecule has 152 valence electrons. The van der Waals surface area contributed by atoms with Crippen molar-refractivity contribution in [3.63, 3.8) is 0 Å². The number of nitriles is 1. The molecule has 7 nitrogen and oxygen atoms in total. The van der Waals surface area contributed by atoms with E-state index in [0.29, 0.717) is 35.8 Å². The minimum Gasteiger partial charge on any atom is -0.486 e. The number of rotatable bonds is 3. The molecule has 0 radical (unpaired) electrons. The lowest BCUT2D eigenvalue weighted by atomic mass is 9.85. The van der Waals surface area contributed by atoms with Crippen LogP contribution < -0.4 is 14.8 Å². The van der Waals surface area contributed by atoms with E-state index in [2.05, 4.69) is 16.4 Å². The maximum atomic E-state index is 12.8. The standard InChI is InChI=1S/C23H22N4O3/c24-13-14-4-6-18-19(10-14)27-22(26-18)15-2-1-3-17(11-15)25-23(28)16-5-7-20-21(12-16)30-9-8-29-20/h4-7,10,12,15,17H,1-3,8-9,11H2,(H,25,28)(H,26,27). The van der Waals surface area contributed by atoms with Crippen LogP contribution in [0.1, 0.15) is 53.3 Å². The zero-order chi connectivity index (χ0) is 20.5. The minimum atomic E-state index is -0.0964. The fourth-order valence-corrected chi connectivity index (χ4v) is 4.31. The van der Waals surface area contributed by atoms with Gasteiger partial charge >= 0.3 is 0 Å². The Balaban J connectivity index is 1.28. The number of carbonyl (C=O) groups is 1. The molecule has 2 aliphatic rings. The number of nitrogens with zero attached hydrogens (tertiary/aromatic N) is 2. The van der Waals surface area contributed by atoms with E-state index in [0.717, 1.165) is 42.5 Å². The van der Waals surface area contributed by atoms with Crippen LogP contribution in [-0.4, -0.2) is 35.1 Å². The lowest BCUT2D eigenvalue weighted by Crippen LogP contribution is -2.38. The molecule has 0 bridgehead atoms. The average molecular weight is 402 g/mol. The third-order valence-corrected chi connectivity index (χ3v) is 5.83. The summed E-state index contributed by atoms with van der Waals surface area (Å²) in [4.78, 5) is 20.9. The van der Waals surface area contributed by atoms with Crippen molar-refractivity contribution in [3.05, 3.63) is 53.3 Å². The Morgan fingerprint density at radius 2 is 2.00 bits per heavy atom. The number of hydrogen-bond donors (Lipinski definition) is 2. The SMILES string of the molecule is N#Cc1ccc2[nH]c(C3CCCC(NC(=O)c4ccc5c(c4)OCCO5)C3)nc2c1. The first-order valence-electron chi connectivity index (χ1n) is 10.3. The van der Waals surface area contributed by atoms with Crippen LogP contribution in [-0.2, 0) is 0 Å². The van der Waals surface area contributed by atoms with Crippen LogP contribution in [0.4, 0.5) is 0 Å². The number of benzene rings is 2. The second kappa shape index (κ2) is 7.71. The fourth-order valence-electron chi connectivity index (χ4n) is 4.31. The molecule has 2 aromatic carbocycles. The maximum absolute atomic E-state index is 12.8. The van der Waals surface area contributed by atoms with Crippen LogP contribution in [0.15, 0.2) is 36.4 Å². The number of nitrogens with one attached hydrogen (secondary N) is 2. The zero-order valence-electron chi connectivity index (χ0n) is 16.5. The van der Waals surface area contributed by atoms with Crippen LogP contribution >= 0.6 is 0 Å². The highest BCUT2D eigenvalue weighted by atomic mass is 16.6. The highest BCUT2D eigenvalue weighted by molar-refractivity contribution is 5.95. The minimum absolute atomic E-state index is 0.0901. The van der Waals surface area contributed by atoms with Crippen LogP contribution in [0.5, 0.6) is 11.5 Å². The molecule has 1 fully saturated rings. The molecular formula is C23H22N4O3. The third-order valence-electron chi connectivity index (χ3n) is 5.83. The van der Waals surface area contributed by atoms with Gasteiger partial charge in [-0.2, -0.15) is 5.26 Å². The summed E-state index contributed by atoms with van der Waals surface area (Å²) in [6.45, 7) is 1.03. The smallest absolute Gasteiger partial charge is 0.251 e. The van der Waals surface area contributed by atoms with Gasteiger partial charge < -0.3 is 19.8 Å². The summed E-state index contributed by atoms with van der Waals surface area (Å²) in [6, 6.07) is 13.0. The number of aromatic amines is 1. The molecule has 1 aliphatic heterocycles. The van der Waals surface area contributed by atoms with Gasteiger partial charge in [0.25, 0.3) is 5.91 Å². The Hall–Kier alpha value is -3.53. The lowest BCUT2D eigenvalue weighted by molar-refractivity contribution is 0.0923. The second-order valence-corrected chi connectivity index (χ2v) is 7.86. The number of H-pyrrole nitrogens is 1. The first kappa shape index (κ1) is 18.5. The molecule has 5 rings (SSSR count). The van der Waals surface area contributed by atoms with Gasteiger partial charge in [-0.1, -0.05) is 6.42 Å². The Bertz CT molecular complexity index is 1150. The molecule has 1 aliphatic carbocycles. The molecule has 7 heteroatoms. The van der Waals surface area contributed by atoms with E-state index in [1.807, 2.05) is 6.07 Å². The molecule has 1 aromatic heterocycles. The van der Waals surface area contributed by atoms with Gasteiger partial charge in [-0.05, 0) is 55.7 Å². The predicted octanol–water partition coefficient (Wildman–Crippen LogP) is 3.66. The van der Waals surface area contributed by atoms with Crippen molar-refractivity contribution in [2.45, 2.75) is 37.6 Å². The Labute approximate surface area is 174 Å². The summed E-state index contributed by atoms with van der Waals surface area (Å²) in [5.74, 6) is 2.39. The molecule has 2 N–H and O–H groups in total.